The van der Waals surface area contributed by atoms with Crippen LogP contribution in [0.3, 0.4) is 0 Å². The third-order valence-corrected chi connectivity index (χ3v) is 5.19. The maximum Gasteiger partial charge on any atom is 0.236 e. The van der Waals surface area contributed by atoms with Crippen LogP contribution in [-0.2, 0) is 10.2 Å². The SMILES string of the molecule is O=C1Nc2nc(Nc3c[nH]nc3-c3cnn4ccncc34)ncc2C12CC2. The highest BCUT2D eigenvalue weighted by Crippen LogP contribution is 2.54. The molecule has 0 radical (unpaired) electrons. The molecule has 27 heavy (non-hydrogen) atoms. The van der Waals surface area contributed by atoms with Gasteiger partial charge in [0.1, 0.15) is 11.5 Å². The van der Waals surface area contributed by atoms with Crippen LogP contribution >= 0.6 is 0 Å². The van der Waals surface area contributed by atoms with Crippen molar-refractivity contribution in [3.63, 3.8) is 0 Å². The van der Waals surface area contributed by atoms with Crippen LogP contribution in [0.25, 0.3) is 16.8 Å². The summed E-state index contributed by atoms with van der Waals surface area (Å²) in [5.41, 5.74) is 3.56. The van der Waals surface area contributed by atoms with E-state index in [9.17, 15) is 4.79 Å². The topological polar surface area (TPSA) is 126 Å². The number of hydrogen-bond acceptors (Lipinski definition) is 7. The van der Waals surface area contributed by atoms with Crippen LogP contribution in [0.2, 0.25) is 0 Å². The largest absolute Gasteiger partial charge is 0.321 e. The van der Waals surface area contributed by atoms with Crippen molar-refractivity contribution in [1.82, 2.24) is 34.8 Å². The second kappa shape index (κ2) is 4.87. The van der Waals surface area contributed by atoms with Crippen molar-refractivity contribution in [2.24, 2.45) is 0 Å². The van der Waals surface area contributed by atoms with E-state index >= 15 is 0 Å². The zero-order valence-electron chi connectivity index (χ0n) is 14.0. The molecule has 132 valence electrons. The summed E-state index contributed by atoms with van der Waals surface area (Å²) < 4.78 is 1.73. The number of carbonyl (C=O) groups excluding carboxylic acids is 1. The van der Waals surface area contributed by atoms with Crippen molar-refractivity contribution in [3.8, 4) is 11.3 Å². The minimum atomic E-state index is -0.390. The van der Waals surface area contributed by atoms with E-state index in [-0.39, 0.29) is 5.91 Å². The highest BCUT2D eigenvalue weighted by Gasteiger charge is 2.57. The molecule has 0 bridgehead atoms. The van der Waals surface area contributed by atoms with Gasteiger partial charge in [-0.3, -0.25) is 14.9 Å². The molecule has 1 spiro atoms. The third-order valence-electron chi connectivity index (χ3n) is 5.19. The molecule has 4 aromatic rings. The summed E-state index contributed by atoms with van der Waals surface area (Å²) in [5.74, 6) is 0.996. The Kier molecular flexibility index (Phi) is 2.59. The molecule has 1 aliphatic heterocycles. The lowest BCUT2D eigenvalue weighted by Crippen LogP contribution is -2.18. The van der Waals surface area contributed by atoms with Crippen molar-refractivity contribution < 1.29 is 4.79 Å². The Morgan fingerprint density at radius 1 is 1.22 bits per heavy atom. The van der Waals surface area contributed by atoms with Gasteiger partial charge in [-0.25, -0.2) is 9.50 Å². The van der Waals surface area contributed by atoms with E-state index in [4.69, 9.17) is 0 Å². The summed E-state index contributed by atoms with van der Waals surface area (Å²) in [6, 6.07) is 0. The van der Waals surface area contributed by atoms with E-state index in [1.165, 1.54) is 0 Å². The molecular weight excluding hydrogens is 346 g/mol. The first-order valence-corrected chi connectivity index (χ1v) is 8.52. The summed E-state index contributed by atoms with van der Waals surface area (Å²) in [6.45, 7) is 0. The summed E-state index contributed by atoms with van der Waals surface area (Å²) in [5, 5.41) is 17.5. The van der Waals surface area contributed by atoms with E-state index in [1.807, 2.05) is 0 Å². The van der Waals surface area contributed by atoms with Gasteiger partial charge in [0.25, 0.3) is 0 Å². The second-order valence-electron chi connectivity index (χ2n) is 6.73. The zero-order chi connectivity index (χ0) is 18.0. The molecule has 5 heterocycles. The molecule has 6 rings (SSSR count). The third kappa shape index (κ3) is 1.94. The predicted molar refractivity (Wildman–Crippen MR) is 95.4 cm³/mol. The molecule has 10 heteroatoms. The molecule has 4 aromatic heterocycles. The number of amides is 1. The Bertz CT molecular complexity index is 1220. The number of rotatable bonds is 3. The first kappa shape index (κ1) is 14.4. The summed E-state index contributed by atoms with van der Waals surface area (Å²) in [6.07, 6.45) is 12.1. The van der Waals surface area contributed by atoms with Gasteiger partial charge in [-0.1, -0.05) is 0 Å². The highest BCUT2D eigenvalue weighted by atomic mass is 16.2. The lowest BCUT2D eigenvalue weighted by atomic mass is 10.0. The molecule has 1 amide bonds. The van der Waals surface area contributed by atoms with Crippen molar-refractivity contribution in [3.05, 3.63) is 42.7 Å². The molecule has 10 nitrogen and oxygen atoms in total. The number of H-pyrrole nitrogens is 1. The molecule has 0 unspecified atom stereocenters. The fraction of sp³-hybridized carbons (Fsp3) is 0.176. The molecule has 2 aliphatic rings. The van der Waals surface area contributed by atoms with Crippen LogP contribution < -0.4 is 10.6 Å². The Morgan fingerprint density at radius 3 is 3.04 bits per heavy atom. The van der Waals surface area contributed by atoms with Crippen LogP contribution in [0, 0.1) is 0 Å². The average Bonchev–Trinajstić information content (AvgIpc) is 3.05. The van der Waals surface area contributed by atoms with Crippen LogP contribution in [0.4, 0.5) is 17.5 Å². The van der Waals surface area contributed by atoms with Crippen molar-refractivity contribution >= 4 is 28.9 Å². The Morgan fingerprint density at radius 2 is 2.15 bits per heavy atom. The number of nitrogens with zero attached hydrogens (tertiary/aromatic N) is 6. The minimum absolute atomic E-state index is 0.0202. The van der Waals surface area contributed by atoms with Gasteiger partial charge in [0.05, 0.1) is 34.6 Å². The molecule has 1 aliphatic carbocycles. The van der Waals surface area contributed by atoms with Gasteiger partial charge in [-0.2, -0.15) is 15.2 Å². The number of aromatic amines is 1. The summed E-state index contributed by atoms with van der Waals surface area (Å²) in [4.78, 5) is 25.2. The number of anilines is 3. The van der Waals surface area contributed by atoms with E-state index < -0.39 is 5.41 Å². The Balaban J connectivity index is 1.37. The maximum absolute atomic E-state index is 12.1. The Hall–Kier alpha value is -3.82. The molecule has 0 atom stereocenters. The predicted octanol–water partition coefficient (Wildman–Crippen LogP) is 1.64. The lowest BCUT2D eigenvalue weighted by Gasteiger charge is -2.07. The number of hydrogen-bond donors (Lipinski definition) is 3. The number of carbonyl (C=O) groups is 1. The van der Waals surface area contributed by atoms with E-state index in [2.05, 4.69) is 40.9 Å². The quantitative estimate of drug-likeness (QED) is 0.507. The van der Waals surface area contributed by atoms with Gasteiger partial charge in [0.15, 0.2) is 0 Å². The van der Waals surface area contributed by atoms with Crippen LogP contribution in [0.1, 0.15) is 18.4 Å². The van der Waals surface area contributed by atoms with Gasteiger partial charge in [-0.05, 0) is 12.8 Å². The lowest BCUT2D eigenvalue weighted by molar-refractivity contribution is -0.117. The maximum atomic E-state index is 12.1. The van der Waals surface area contributed by atoms with Crippen molar-refractivity contribution in [1.29, 1.82) is 0 Å². The van der Waals surface area contributed by atoms with Crippen LogP contribution in [-0.4, -0.2) is 40.7 Å². The number of nitrogens with one attached hydrogen (secondary N) is 3. The number of fused-ring (bicyclic) bond motifs is 3. The molecule has 1 fully saturated rings. The smallest absolute Gasteiger partial charge is 0.236 e. The molecule has 0 aromatic carbocycles. The normalized spacial score (nSPS) is 16.5. The van der Waals surface area contributed by atoms with Gasteiger partial charge in [0, 0.05) is 30.4 Å². The molecule has 0 saturated heterocycles. The first-order chi connectivity index (χ1) is 13.2. The standard InChI is InChI=1S/C17H13N9O/c27-15-17(1-2-17)10-6-19-16(24-14(10)23-15)22-11-7-20-25-13(11)9-5-21-26-4-3-18-8-12(9)26/h3-8H,1-2H2,(H,20,25)(H2,19,22,23,24,27). The van der Waals surface area contributed by atoms with Crippen LogP contribution in [0.15, 0.2) is 37.2 Å². The van der Waals surface area contributed by atoms with Gasteiger partial charge < -0.3 is 10.6 Å². The Labute approximate surface area is 152 Å². The summed E-state index contributed by atoms with van der Waals surface area (Å²) in [7, 11) is 0. The van der Waals surface area contributed by atoms with Gasteiger partial charge in [-0.15, -0.1) is 0 Å². The van der Waals surface area contributed by atoms with Crippen LogP contribution in [0.5, 0.6) is 0 Å². The number of aromatic nitrogens is 7. The molecule has 3 N–H and O–H groups in total. The van der Waals surface area contributed by atoms with E-state index in [0.29, 0.717) is 23.1 Å². The van der Waals surface area contributed by atoms with Crippen molar-refractivity contribution in [2.45, 2.75) is 18.3 Å². The van der Waals surface area contributed by atoms with E-state index in [1.54, 1.807) is 41.7 Å². The first-order valence-electron chi connectivity index (χ1n) is 8.52. The highest BCUT2D eigenvalue weighted by molar-refractivity contribution is 6.07. The van der Waals surface area contributed by atoms with E-state index in [0.717, 1.165) is 29.5 Å². The monoisotopic (exact) mass is 359 g/mol. The minimum Gasteiger partial charge on any atom is -0.321 e. The zero-order valence-corrected chi connectivity index (χ0v) is 14.0. The molecule has 1 saturated carbocycles. The second-order valence-corrected chi connectivity index (χ2v) is 6.73. The van der Waals surface area contributed by atoms with Crippen molar-refractivity contribution in [2.75, 3.05) is 10.6 Å². The van der Waals surface area contributed by atoms with Gasteiger partial charge in [0.2, 0.25) is 11.9 Å². The fourth-order valence-electron chi connectivity index (χ4n) is 3.59. The average molecular weight is 359 g/mol. The summed E-state index contributed by atoms with van der Waals surface area (Å²) >= 11 is 0. The fourth-order valence-corrected chi connectivity index (χ4v) is 3.59. The molecular formula is C17H13N9O. The van der Waals surface area contributed by atoms with Gasteiger partial charge >= 0.3 is 0 Å².